The Morgan fingerprint density at radius 2 is 2.25 bits per heavy atom. The van der Waals surface area contributed by atoms with Gasteiger partial charge in [-0.25, -0.2) is 18.6 Å². The van der Waals surface area contributed by atoms with E-state index in [9.17, 15) is 13.6 Å². The lowest BCUT2D eigenvalue weighted by molar-refractivity contribution is 0.0513. The van der Waals surface area contributed by atoms with Crippen LogP contribution in [0, 0.1) is 6.92 Å². The number of carbonyl (C=O) groups excluding carboxylic acids is 1. The minimum absolute atomic E-state index is 0.0313. The summed E-state index contributed by atoms with van der Waals surface area (Å²) < 4.78 is 30.3. The van der Waals surface area contributed by atoms with Gasteiger partial charge in [0.15, 0.2) is 0 Å². The van der Waals surface area contributed by atoms with E-state index in [0.29, 0.717) is 5.56 Å². The fourth-order valence-corrected chi connectivity index (χ4v) is 1.75. The van der Waals surface area contributed by atoms with E-state index < -0.39 is 18.0 Å². The van der Waals surface area contributed by atoms with Crippen LogP contribution >= 0.6 is 15.9 Å². The number of ether oxygens (including phenoxy) is 1. The van der Waals surface area contributed by atoms with Crippen molar-refractivity contribution in [3.8, 4) is 0 Å². The maximum Gasteiger partial charge on any atom is 0.339 e. The third-order valence-corrected chi connectivity index (χ3v) is 2.59. The number of carbonyl (C=O) groups is 1. The van der Waals surface area contributed by atoms with E-state index >= 15 is 0 Å². The van der Waals surface area contributed by atoms with Crippen LogP contribution in [0.1, 0.15) is 34.8 Å². The summed E-state index contributed by atoms with van der Waals surface area (Å²) in [6.45, 7) is 3.30. The lowest BCUT2D eigenvalue weighted by atomic mass is 10.1. The predicted molar refractivity (Wildman–Crippen MR) is 57.6 cm³/mol. The number of aromatic nitrogens is 1. The molecular formula is C10H10BrF2NO2. The van der Waals surface area contributed by atoms with Gasteiger partial charge in [-0.2, -0.15) is 0 Å². The van der Waals surface area contributed by atoms with Crippen LogP contribution in [-0.2, 0) is 4.74 Å². The number of aryl methyl sites for hydroxylation is 1. The first-order valence-corrected chi connectivity index (χ1v) is 5.38. The van der Waals surface area contributed by atoms with Gasteiger partial charge in [0.25, 0.3) is 6.43 Å². The number of alkyl halides is 2. The van der Waals surface area contributed by atoms with Crippen molar-refractivity contribution in [2.45, 2.75) is 20.3 Å². The third-order valence-electron chi connectivity index (χ3n) is 1.96. The molecule has 16 heavy (non-hydrogen) atoms. The Bertz CT molecular complexity index is 410. The molecule has 0 aromatic carbocycles. The van der Waals surface area contributed by atoms with Gasteiger partial charge < -0.3 is 4.74 Å². The van der Waals surface area contributed by atoms with Crippen LogP contribution in [0.3, 0.4) is 0 Å². The highest BCUT2D eigenvalue weighted by Gasteiger charge is 2.25. The molecule has 0 amide bonds. The Morgan fingerprint density at radius 3 is 2.75 bits per heavy atom. The molecule has 0 spiro atoms. The molecular weight excluding hydrogens is 284 g/mol. The lowest BCUT2D eigenvalue weighted by Gasteiger charge is -2.11. The van der Waals surface area contributed by atoms with Crippen molar-refractivity contribution in [1.29, 1.82) is 0 Å². The van der Waals surface area contributed by atoms with Crippen molar-refractivity contribution in [1.82, 2.24) is 4.98 Å². The highest BCUT2D eigenvalue weighted by molar-refractivity contribution is 9.10. The van der Waals surface area contributed by atoms with Crippen LogP contribution in [0.25, 0.3) is 0 Å². The molecule has 0 bridgehead atoms. The smallest absolute Gasteiger partial charge is 0.339 e. The van der Waals surface area contributed by atoms with E-state index in [0.717, 1.165) is 0 Å². The second kappa shape index (κ2) is 5.34. The fraction of sp³-hybridized carbons (Fsp3) is 0.400. The summed E-state index contributed by atoms with van der Waals surface area (Å²) in [4.78, 5) is 15.3. The van der Waals surface area contributed by atoms with Crippen LogP contribution in [0.5, 0.6) is 0 Å². The van der Waals surface area contributed by atoms with Gasteiger partial charge in [-0.3, -0.25) is 0 Å². The minimum atomic E-state index is -2.78. The summed E-state index contributed by atoms with van der Waals surface area (Å²) in [5.74, 6) is -0.751. The Morgan fingerprint density at radius 1 is 1.62 bits per heavy atom. The van der Waals surface area contributed by atoms with Crippen molar-refractivity contribution < 1.29 is 18.3 Å². The molecule has 0 aliphatic rings. The molecule has 6 heteroatoms. The summed E-state index contributed by atoms with van der Waals surface area (Å²) in [5, 5.41) is 0. The van der Waals surface area contributed by atoms with Gasteiger partial charge in [0.2, 0.25) is 0 Å². The SMILES string of the molecule is CCOC(=O)c1c(C)cnc(Br)c1C(F)F. The van der Waals surface area contributed by atoms with Gasteiger partial charge in [0.05, 0.1) is 17.7 Å². The van der Waals surface area contributed by atoms with E-state index in [1.165, 1.54) is 13.1 Å². The topological polar surface area (TPSA) is 39.2 Å². The Kier molecular flexibility index (Phi) is 4.35. The number of hydrogen-bond donors (Lipinski definition) is 0. The highest BCUT2D eigenvalue weighted by Crippen LogP contribution is 2.31. The summed E-state index contributed by atoms with van der Waals surface area (Å²) in [6, 6.07) is 0. The molecule has 88 valence electrons. The highest BCUT2D eigenvalue weighted by atomic mass is 79.9. The van der Waals surface area contributed by atoms with E-state index in [4.69, 9.17) is 4.74 Å². The van der Waals surface area contributed by atoms with Gasteiger partial charge in [0.1, 0.15) is 4.60 Å². The Hall–Kier alpha value is -1.04. The van der Waals surface area contributed by atoms with Gasteiger partial charge in [0, 0.05) is 6.20 Å². The zero-order chi connectivity index (χ0) is 12.3. The van der Waals surface area contributed by atoms with Crippen molar-refractivity contribution in [2.24, 2.45) is 0 Å². The maximum absolute atomic E-state index is 12.8. The standard InChI is InChI=1S/C10H10BrF2NO2/c1-3-16-10(15)6-5(2)4-14-8(11)7(6)9(12)13/h4,9H,3H2,1-2H3. The molecule has 0 aliphatic heterocycles. The molecule has 1 heterocycles. The van der Waals surface area contributed by atoms with Gasteiger partial charge in [-0.05, 0) is 35.3 Å². The van der Waals surface area contributed by atoms with Gasteiger partial charge in [-0.15, -0.1) is 0 Å². The minimum Gasteiger partial charge on any atom is -0.462 e. The summed E-state index contributed by atoms with van der Waals surface area (Å²) in [6.07, 6.45) is -1.43. The largest absolute Gasteiger partial charge is 0.462 e. The molecule has 1 aromatic heterocycles. The van der Waals surface area contributed by atoms with Gasteiger partial charge >= 0.3 is 5.97 Å². The quantitative estimate of drug-likeness (QED) is 0.634. The molecule has 0 aliphatic carbocycles. The number of pyridine rings is 1. The van der Waals surface area contributed by atoms with Crippen molar-refractivity contribution >= 4 is 21.9 Å². The zero-order valence-corrected chi connectivity index (χ0v) is 10.3. The average Bonchev–Trinajstić information content (AvgIpc) is 2.20. The second-order valence-corrected chi connectivity index (χ2v) is 3.79. The molecule has 3 nitrogen and oxygen atoms in total. The lowest BCUT2D eigenvalue weighted by Crippen LogP contribution is -2.12. The van der Waals surface area contributed by atoms with Crippen LogP contribution in [0.2, 0.25) is 0 Å². The molecule has 0 saturated heterocycles. The monoisotopic (exact) mass is 293 g/mol. The molecule has 0 radical (unpaired) electrons. The number of rotatable bonds is 3. The van der Waals surface area contributed by atoms with E-state index in [1.807, 2.05) is 0 Å². The van der Waals surface area contributed by atoms with Crippen molar-refractivity contribution in [3.05, 3.63) is 27.5 Å². The van der Waals surface area contributed by atoms with E-state index in [2.05, 4.69) is 20.9 Å². The predicted octanol–water partition coefficient (Wildman–Crippen LogP) is 3.27. The zero-order valence-electron chi connectivity index (χ0n) is 8.76. The van der Waals surface area contributed by atoms with Crippen molar-refractivity contribution in [3.63, 3.8) is 0 Å². The molecule has 0 fully saturated rings. The molecule has 0 atom stereocenters. The van der Waals surface area contributed by atoms with Crippen LogP contribution in [0.4, 0.5) is 8.78 Å². The summed E-state index contributed by atoms with van der Waals surface area (Å²) in [7, 11) is 0. The first-order valence-electron chi connectivity index (χ1n) is 4.59. The molecule has 0 saturated carbocycles. The Labute approximate surface area is 99.9 Å². The molecule has 0 unspecified atom stereocenters. The maximum atomic E-state index is 12.8. The number of nitrogens with zero attached hydrogens (tertiary/aromatic N) is 1. The van der Waals surface area contributed by atoms with Crippen LogP contribution in [0.15, 0.2) is 10.8 Å². The van der Waals surface area contributed by atoms with E-state index in [-0.39, 0.29) is 16.8 Å². The number of halogens is 3. The molecule has 0 N–H and O–H groups in total. The van der Waals surface area contributed by atoms with E-state index in [1.54, 1.807) is 6.92 Å². The molecule has 1 aromatic rings. The third kappa shape index (κ3) is 2.55. The second-order valence-electron chi connectivity index (χ2n) is 3.04. The number of esters is 1. The normalized spacial score (nSPS) is 10.6. The first kappa shape index (κ1) is 13.0. The summed E-state index contributed by atoms with van der Waals surface area (Å²) in [5.41, 5.74) is -0.158. The fourth-order valence-electron chi connectivity index (χ4n) is 1.28. The summed E-state index contributed by atoms with van der Waals surface area (Å²) >= 11 is 2.90. The average molecular weight is 294 g/mol. The van der Waals surface area contributed by atoms with Gasteiger partial charge in [-0.1, -0.05) is 0 Å². The van der Waals surface area contributed by atoms with Crippen molar-refractivity contribution in [2.75, 3.05) is 6.61 Å². The molecule has 1 rings (SSSR count). The van der Waals surface area contributed by atoms with Crippen LogP contribution in [-0.4, -0.2) is 17.6 Å². The number of hydrogen-bond acceptors (Lipinski definition) is 3. The first-order chi connectivity index (χ1) is 7.49. The Balaban J connectivity index is 3.34. The van der Waals surface area contributed by atoms with Crippen LogP contribution < -0.4 is 0 Å².